The first kappa shape index (κ1) is 30.6. The Bertz CT molecular complexity index is 1420. The molecule has 0 unspecified atom stereocenters. The molecule has 3 aromatic rings. The number of methoxy groups -OCH3 is 1. The number of aliphatic hydroxyl groups is 3. The predicted octanol–water partition coefficient (Wildman–Crippen LogP) is 3.06. The molecule has 0 bridgehead atoms. The maximum absolute atomic E-state index is 14.4. The van der Waals surface area contributed by atoms with E-state index < -0.39 is 72.6 Å². The van der Waals surface area contributed by atoms with Gasteiger partial charge in [0, 0.05) is 22.8 Å². The van der Waals surface area contributed by atoms with Gasteiger partial charge in [-0.3, -0.25) is 4.79 Å². The van der Waals surface area contributed by atoms with Gasteiger partial charge in [0.1, 0.15) is 30.0 Å². The Labute approximate surface area is 247 Å². The number of benzene rings is 2. The SMILES string of the molecule is CO[C@@H]1[C@@H](n2cc(-c3cc(F)c(F)c(F)c3)nn2)[C@@H](O)[C@@H](CO)O[C@H]1C(=O)N(c1cc(C)cc(Br)c1)[C@@H]1CCC[C@H]1O. The van der Waals surface area contributed by atoms with Gasteiger partial charge in [-0.1, -0.05) is 21.1 Å². The number of halogens is 4. The lowest BCUT2D eigenvalue weighted by molar-refractivity contribution is -0.211. The second kappa shape index (κ2) is 12.4. The van der Waals surface area contributed by atoms with Crippen LogP contribution in [-0.2, 0) is 14.3 Å². The van der Waals surface area contributed by atoms with E-state index in [2.05, 4.69) is 26.2 Å². The van der Waals surface area contributed by atoms with E-state index in [4.69, 9.17) is 9.47 Å². The molecule has 2 heterocycles. The molecule has 1 aromatic heterocycles. The maximum Gasteiger partial charge on any atom is 0.259 e. The van der Waals surface area contributed by atoms with Crippen LogP contribution in [0, 0.1) is 24.4 Å². The number of carbonyl (C=O) groups is 1. The zero-order valence-corrected chi connectivity index (χ0v) is 24.3. The predicted molar refractivity (Wildman–Crippen MR) is 147 cm³/mol. The zero-order chi connectivity index (χ0) is 30.3. The van der Waals surface area contributed by atoms with Crippen molar-refractivity contribution < 1.29 is 42.8 Å². The number of rotatable bonds is 7. The van der Waals surface area contributed by atoms with E-state index in [1.165, 1.54) is 18.2 Å². The third-order valence-electron chi connectivity index (χ3n) is 7.80. The normalized spacial score (nSPS) is 27.8. The lowest BCUT2D eigenvalue weighted by atomic mass is 9.91. The van der Waals surface area contributed by atoms with Gasteiger partial charge in [-0.25, -0.2) is 17.9 Å². The van der Waals surface area contributed by atoms with Crippen molar-refractivity contribution in [3.63, 3.8) is 0 Å². The summed E-state index contributed by atoms with van der Waals surface area (Å²) in [6.07, 6.45) is -3.02. The summed E-state index contributed by atoms with van der Waals surface area (Å²) in [5.74, 6) is -5.02. The average Bonchev–Trinajstić information content (AvgIpc) is 3.60. The van der Waals surface area contributed by atoms with E-state index in [0.717, 1.165) is 26.9 Å². The molecular weight excluding hydrogens is 625 g/mol. The molecule has 42 heavy (non-hydrogen) atoms. The number of anilines is 1. The van der Waals surface area contributed by atoms with Crippen molar-refractivity contribution in [3.8, 4) is 11.3 Å². The largest absolute Gasteiger partial charge is 0.394 e. The molecule has 14 heteroatoms. The Balaban J connectivity index is 1.54. The number of nitrogens with zero attached hydrogens (tertiary/aromatic N) is 4. The molecule has 1 amide bonds. The molecule has 5 rings (SSSR count). The summed E-state index contributed by atoms with van der Waals surface area (Å²) in [7, 11) is 1.31. The highest BCUT2D eigenvalue weighted by atomic mass is 79.9. The second-order valence-electron chi connectivity index (χ2n) is 10.6. The van der Waals surface area contributed by atoms with Crippen LogP contribution in [0.1, 0.15) is 30.9 Å². The Morgan fingerprint density at radius 3 is 2.48 bits per heavy atom. The van der Waals surface area contributed by atoms with E-state index in [9.17, 15) is 33.3 Å². The van der Waals surface area contributed by atoms with Gasteiger partial charge in [-0.05, 0) is 62.1 Å². The molecule has 3 N–H and O–H groups in total. The third-order valence-corrected chi connectivity index (χ3v) is 8.25. The van der Waals surface area contributed by atoms with Crippen LogP contribution in [0.15, 0.2) is 41.0 Å². The van der Waals surface area contributed by atoms with Gasteiger partial charge in [0.05, 0.1) is 24.9 Å². The van der Waals surface area contributed by atoms with Crippen LogP contribution in [0.2, 0.25) is 0 Å². The zero-order valence-electron chi connectivity index (χ0n) is 22.7. The summed E-state index contributed by atoms with van der Waals surface area (Å²) in [6, 6.07) is 5.24. The van der Waals surface area contributed by atoms with Gasteiger partial charge >= 0.3 is 0 Å². The first-order chi connectivity index (χ1) is 20.0. The molecular formula is C28H30BrF3N4O6. The van der Waals surface area contributed by atoms with Crippen molar-refractivity contribution in [1.82, 2.24) is 15.0 Å². The number of ether oxygens (including phenoxy) is 2. The number of amides is 1. The minimum atomic E-state index is -1.63. The molecule has 1 saturated carbocycles. The molecule has 0 spiro atoms. The van der Waals surface area contributed by atoms with Crippen LogP contribution in [0.3, 0.4) is 0 Å². The Morgan fingerprint density at radius 1 is 1.17 bits per heavy atom. The minimum absolute atomic E-state index is 0.0370. The molecule has 10 nitrogen and oxygen atoms in total. The van der Waals surface area contributed by atoms with E-state index in [0.29, 0.717) is 24.9 Å². The first-order valence-corrected chi connectivity index (χ1v) is 14.2. The van der Waals surface area contributed by atoms with Gasteiger partial charge < -0.3 is 29.7 Å². The second-order valence-corrected chi connectivity index (χ2v) is 11.5. The van der Waals surface area contributed by atoms with Crippen LogP contribution in [-0.4, -0.2) is 86.5 Å². The van der Waals surface area contributed by atoms with E-state index in [-0.39, 0.29) is 11.3 Å². The fraction of sp³-hybridized carbons (Fsp3) is 0.464. The van der Waals surface area contributed by atoms with Crippen molar-refractivity contribution in [2.75, 3.05) is 18.6 Å². The lowest BCUT2D eigenvalue weighted by Gasteiger charge is -2.45. The number of aryl methyl sites for hydroxylation is 1. The molecule has 2 aromatic carbocycles. The van der Waals surface area contributed by atoms with Gasteiger partial charge in [0.25, 0.3) is 5.91 Å². The first-order valence-electron chi connectivity index (χ1n) is 13.4. The van der Waals surface area contributed by atoms with Crippen molar-refractivity contribution in [2.24, 2.45) is 0 Å². The molecule has 1 aliphatic carbocycles. The monoisotopic (exact) mass is 654 g/mol. The fourth-order valence-corrected chi connectivity index (χ4v) is 6.41. The van der Waals surface area contributed by atoms with E-state index in [1.807, 2.05) is 13.0 Å². The number of aliphatic hydroxyl groups excluding tert-OH is 3. The van der Waals surface area contributed by atoms with E-state index in [1.54, 1.807) is 12.1 Å². The molecule has 7 atom stereocenters. The van der Waals surface area contributed by atoms with Crippen molar-refractivity contribution in [1.29, 1.82) is 0 Å². The maximum atomic E-state index is 14.4. The minimum Gasteiger partial charge on any atom is -0.394 e. The Morgan fingerprint density at radius 2 is 1.88 bits per heavy atom. The molecule has 2 fully saturated rings. The highest BCUT2D eigenvalue weighted by molar-refractivity contribution is 9.10. The molecule has 226 valence electrons. The summed E-state index contributed by atoms with van der Waals surface area (Å²) in [5, 5.41) is 40.0. The third kappa shape index (κ3) is 5.71. The average molecular weight is 655 g/mol. The quantitative estimate of drug-likeness (QED) is 0.332. The summed E-state index contributed by atoms with van der Waals surface area (Å²) in [5.41, 5.74) is 1.24. The van der Waals surface area contributed by atoms with Gasteiger partial charge in [-0.15, -0.1) is 5.10 Å². The van der Waals surface area contributed by atoms with Crippen molar-refractivity contribution >= 4 is 27.5 Å². The summed E-state index contributed by atoms with van der Waals surface area (Å²) in [4.78, 5) is 15.8. The van der Waals surface area contributed by atoms with Gasteiger partial charge in [0.15, 0.2) is 23.6 Å². The number of hydrogen-bond acceptors (Lipinski definition) is 8. The number of hydrogen-bond donors (Lipinski definition) is 3. The Hall–Kier alpha value is -2.88. The highest BCUT2D eigenvalue weighted by Gasteiger charge is 2.52. The number of aromatic nitrogens is 3. The van der Waals surface area contributed by atoms with Gasteiger partial charge in [-0.2, -0.15) is 0 Å². The smallest absolute Gasteiger partial charge is 0.259 e. The lowest BCUT2D eigenvalue weighted by Crippen LogP contribution is -2.62. The molecule has 1 aliphatic heterocycles. The fourth-order valence-electron chi connectivity index (χ4n) is 5.81. The summed E-state index contributed by atoms with van der Waals surface area (Å²) >= 11 is 3.47. The molecule has 2 aliphatic rings. The highest BCUT2D eigenvalue weighted by Crippen LogP contribution is 2.37. The van der Waals surface area contributed by atoms with Crippen LogP contribution in [0.4, 0.5) is 18.9 Å². The standard InChI is InChI=1S/C28H30BrF3N4O6/c1-13-6-15(29)10-16(7-13)36(20-4-3-5-21(20)38)28(40)27-26(41-2)24(25(39)22(12-37)42-27)35-11-19(33-34-35)14-8-17(30)23(32)18(31)9-14/h6-11,20-22,24-27,37-39H,3-5,12H2,1-2H3/t20-,21-,22-,24+,25+,26-,27-/m1/s1. The number of carbonyl (C=O) groups excluding carboxylic acids is 1. The van der Waals surface area contributed by atoms with E-state index >= 15 is 0 Å². The topological polar surface area (TPSA) is 130 Å². The van der Waals surface area contributed by atoms with Crippen molar-refractivity contribution in [3.05, 3.63) is 64.0 Å². The van der Waals surface area contributed by atoms with Crippen LogP contribution < -0.4 is 4.90 Å². The molecule has 1 saturated heterocycles. The van der Waals surface area contributed by atoms with Crippen molar-refractivity contribution in [2.45, 2.75) is 68.8 Å². The Kier molecular flexibility index (Phi) is 9.02. The summed E-state index contributed by atoms with van der Waals surface area (Å²) < 4.78 is 54.8. The summed E-state index contributed by atoms with van der Waals surface area (Å²) in [6.45, 7) is 1.21. The van der Waals surface area contributed by atoms with Crippen LogP contribution in [0.25, 0.3) is 11.3 Å². The van der Waals surface area contributed by atoms with Crippen LogP contribution in [0.5, 0.6) is 0 Å². The van der Waals surface area contributed by atoms with Crippen LogP contribution >= 0.6 is 15.9 Å². The molecule has 0 radical (unpaired) electrons. The van der Waals surface area contributed by atoms with Gasteiger partial charge in [0.2, 0.25) is 0 Å².